The summed E-state index contributed by atoms with van der Waals surface area (Å²) in [5, 5.41) is 6.30. The van der Waals surface area contributed by atoms with Crippen LogP contribution in [0.1, 0.15) is 35.5 Å². The Bertz CT molecular complexity index is 751. The molecule has 2 rings (SSSR count). The van der Waals surface area contributed by atoms with Crippen molar-refractivity contribution in [2.45, 2.75) is 26.9 Å². The number of rotatable bonds is 4. The molecule has 0 fully saturated rings. The molecule has 0 aliphatic rings. The topological polar surface area (TPSA) is 55.1 Å². The highest BCUT2D eigenvalue weighted by atomic mass is 19.4. The highest BCUT2D eigenvalue weighted by molar-refractivity contribution is 5.95. The van der Waals surface area contributed by atoms with Gasteiger partial charge in [-0.25, -0.2) is 4.39 Å². The number of nitrogens with one attached hydrogen (secondary N) is 1. The molecule has 4 nitrogen and oxygen atoms in total. The van der Waals surface area contributed by atoms with Gasteiger partial charge in [0, 0.05) is 17.7 Å². The van der Waals surface area contributed by atoms with Crippen LogP contribution in [-0.4, -0.2) is 17.6 Å². The summed E-state index contributed by atoms with van der Waals surface area (Å²) in [5.74, 6) is -1.58. The molecule has 1 amide bonds. The number of halogens is 4. The van der Waals surface area contributed by atoms with Gasteiger partial charge < -0.3 is 9.84 Å². The van der Waals surface area contributed by atoms with Crippen LogP contribution in [0.5, 0.6) is 0 Å². The maximum Gasteiger partial charge on any atom is 0.419 e. The number of hydrogen-bond donors (Lipinski definition) is 1. The number of benzene rings is 1. The second kappa shape index (κ2) is 6.62. The van der Waals surface area contributed by atoms with Gasteiger partial charge in [0.05, 0.1) is 5.56 Å². The van der Waals surface area contributed by atoms with Crippen molar-refractivity contribution in [2.24, 2.45) is 5.92 Å². The Balaban J connectivity index is 2.31. The molecule has 0 aliphatic carbocycles. The first-order valence-electron chi connectivity index (χ1n) is 7.22. The predicted molar refractivity (Wildman–Crippen MR) is 78.8 cm³/mol. The van der Waals surface area contributed by atoms with E-state index in [4.69, 9.17) is 4.52 Å². The Morgan fingerprint density at radius 3 is 2.54 bits per heavy atom. The van der Waals surface area contributed by atoms with Crippen molar-refractivity contribution in [3.63, 3.8) is 0 Å². The predicted octanol–water partition coefficient (Wildman–Crippen LogP) is 4.19. The number of amides is 1. The van der Waals surface area contributed by atoms with E-state index in [9.17, 15) is 22.4 Å². The molecule has 0 aliphatic heterocycles. The van der Waals surface area contributed by atoms with E-state index in [2.05, 4.69) is 10.5 Å². The number of carbonyl (C=O) groups is 1. The van der Waals surface area contributed by atoms with Crippen LogP contribution in [0.2, 0.25) is 0 Å². The summed E-state index contributed by atoms with van der Waals surface area (Å²) in [4.78, 5) is 12.0. The van der Waals surface area contributed by atoms with Crippen LogP contribution in [0.25, 0.3) is 11.3 Å². The molecule has 130 valence electrons. The van der Waals surface area contributed by atoms with E-state index < -0.39 is 23.5 Å². The molecule has 1 aromatic heterocycles. The Morgan fingerprint density at radius 1 is 1.33 bits per heavy atom. The Hall–Kier alpha value is -2.38. The molecule has 0 spiro atoms. The van der Waals surface area contributed by atoms with E-state index in [-0.39, 0.29) is 22.9 Å². The van der Waals surface area contributed by atoms with Gasteiger partial charge in [-0.05, 0) is 25.0 Å². The van der Waals surface area contributed by atoms with Crippen molar-refractivity contribution in [3.05, 3.63) is 40.8 Å². The first kappa shape index (κ1) is 18.0. The van der Waals surface area contributed by atoms with Gasteiger partial charge in [0.1, 0.15) is 5.82 Å². The maximum absolute atomic E-state index is 13.7. The molecule has 1 N–H and O–H groups in total. The number of hydrogen-bond acceptors (Lipinski definition) is 3. The summed E-state index contributed by atoms with van der Waals surface area (Å²) in [6.07, 6.45) is -4.78. The zero-order chi connectivity index (χ0) is 18.1. The first-order valence-corrected chi connectivity index (χ1v) is 7.22. The molecule has 0 saturated heterocycles. The van der Waals surface area contributed by atoms with Gasteiger partial charge >= 0.3 is 6.18 Å². The SMILES string of the molecule is Cc1c(C(=O)NCC(C)C)noc1-c1ccc(C(F)(F)F)c(F)c1. The number of aromatic nitrogens is 1. The first-order chi connectivity index (χ1) is 11.1. The Labute approximate surface area is 135 Å². The van der Waals surface area contributed by atoms with Crippen LogP contribution in [0.3, 0.4) is 0 Å². The second-order valence-corrected chi connectivity index (χ2v) is 5.78. The van der Waals surface area contributed by atoms with E-state index in [1.54, 1.807) is 0 Å². The molecule has 1 aromatic carbocycles. The van der Waals surface area contributed by atoms with Gasteiger partial charge in [0.25, 0.3) is 5.91 Å². The summed E-state index contributed by atoms with van der Waals surface area (Å²) < 4.78 is 56.5. The molecule has 0 unspecified atom stereocenters. The molecule has 0 bridgehead atoms. The van der Waals surface area contributed by atoms with E-state index in [0.29, 0.717) is 24.2 Å². The molecule has 2 aromatic rings. The van der Waals surface area contributed by atoms with Gasteiger partial charge in [0.15, 0.2) is 11.5 Å². The number of nitrogens with zero attached hydrogens (tertiary/aromatic N) is 1. The van der Waals surface area contributed by atoms with Gasteiger partial charge in [-0.2, -0.15) is 13.2 Å². The van der Waals surface area contributed by atoms with Crippen LogP contribution >= 0.6 is 0 Å². The largest absolute Gasteiger partial charge is 0.419 e. The Kier molecular flexibility index (Phi) is 4.96. The van der Waals surface area contributed by atoms with E-state index >= 15 is 0 Å². The van der Waals surface area contributed by atoms with Crippen LogP contribution in [-0.2, 0) is 6.18 Å². The zero-order valence-electron chi connectivity index (χ0n) is 13.3. The molecule has 0 radical (unpaired) electrons. The monoisotopic (exact) mass is 344 g/mol. The fourth-order valence-electron chi connectivity index (χ4n) is 2.08. The zero-order valence-corrected chi connectivity index (χ0v) is 13.3. The lowest BCUT2D eigenvalue weighted by atomic mass is 10.0. The summed E-state index contributed by atoms with van der Waals surface area (Å²) >= 11 is 0. The van der Waals surface area contributed by atoms with Crippen molar-refractivity contribution in [3.8, 4) is 11.3 Å². The summed E-state index contributed by atoms with van der Waals surface area (Å²) in [6.45, 7) is 5.82. The minimum Gasteiger partial charge on any atom is -0.355 e. The third-order valence-corrected chi connectivity index (χ3v) is 3.35. The summed E-state index contributed by atoms with van der Waals surface area (Å²) in [5.41, 5.74) is -0.937. The number of carbonyl (C=O) groups excluding carboxylic acids is 1. The van der Waals surface area contributed by atoms with Crippen molar-refractivity contribution in [1.29, 1.82) is 0 Å². The fourth-order valence-corrected chi connectivity index (χ4v) is 2.08. The van der Waals surface area contributed by atoms with Crippen molar-refractivity contribution < 1.29 is 26.9 Å². The van der Waals surface area contributed by atoms with Crippen LogP contribution in [0.4, 0.5) is 17.6 Å². The summed E-state index contributed by atoms with van der Waals surface area (Å²) in [6, 6.07) is 2.42. The van der Waals surface area contributed by atoms with E-state index in [1.807, 2.05) is 13.8 Å². The lowest BCUT2D eigenvalue weighted by Crippen LogP contribution is -2.28. The van der Waals surface area contributed by atoms with Crippen molar-refractivity contribution >= 4 is 5.91 Å². The molecular weight excluding hydrogens is 328 g/mol. The molecule has 0 atom stereocenters. The smallest absolute Gasteiger partial charge is 0.355 e. The van der Waals surface area contributed by atoms with E-state index in [1.165, 1.54) is 6.92 Å². The number of alkyl halides is 3. The molecule has 24 heavy (non-hydrogen) atoms. The van der Waals surface area contributed by atoms with Crippen LogP contribution in [0, 0.1) is 18.7 Å². The van der Waals surface area contributed by atoms with Crippen LogP contribution < -0.4 is 5.32 Å². The van der Waals surface area contributed by atoms with Gasteiger partial charge in [0.2, 0.25) is 0 Å². The van der Waals surface area contributed by atoms with Gasteiger partial charge in [-0.1, -0.05) is 25.1 Å². The minimum atomic E-state index is -4.78. The lowest BCUT2D eigenvalue weighted by Gasteiger charge is -2.08. The average Bonchev–Trinajstić information content (AvgIpc) is 2.85. The maximum atomic E-state index is 13.7. The normalized spacial score (nSPS) is 11.8. The molecule has 0 saturated carbocycles. The van der Waals surface area contributed by atoms with Gasteiger partial charge in [-0.3, -0.25) is 4.79 Å². The fraction of sp³-hybridized carbons (Fsp3) is 0.375. The Morgan fingerprint density at radius 2 is 2.00 bits per heavy atom. The van der Waals surface area contributed by atoms with Crippen molar-refractivity contribution in [1.82, 2.24) is 10.5 Å². The second-order valence-electron chi connectivity index (χ2n) is 5.78. The highest BCUT2D eigenvalue weighted by Crippen LogP contribution is 2.34. The molecular formula is C16H16F4N2O2. The third kappa shape index (κ3) is 3.74. The summed E-state index contributed by atoms with van der Waals surface area (Å²) in [7, 11) is 0. The molecule has 8 heteroatoms. The lowest BCUT2D eigenvalue weighted by molar-refractivity contribution is -0.139. The highest BCUT2D eigenvalue weighted by Gasteiger charge is 2.34. The quantitative estimate of drug-likeness (QED) is 0.846. The third-order valence-electron chi connectivity index (χ3n) is 3.35. The standard InChI is InChI=1S/C16H16F4N2O2/c1-8(2)7-21-15(23)13-9(3)14(24-22-13)10-4-5-11(12(17)6-10)16(18,19)20/h4-6,8H,7H2,1-3H3,(H,21,23). The van der Waals surface area contributed by atoms with Crippen molar-refractivity contribution in [2.75, 3.05) is 6.54 Å². The van der Waals surface area contributed by atoms with Gasteiger partial charge in [-0.15, -0.1) is 0 Å². The molecule has 1 heterocycles. The average molecular weight is 344 g/mol. The minimum absolute atomic E-state index is 0.0194. The van der Waals surface area contributed by atoms with Crippen LogP contribution in [0.15, 0.2) is 22.7 Å². The van der Waals surface area contributed by atoms with E-state index in [0.717, 1.165) is 6.07 Å².